The third kappa shape index (κ3) is 3.51. The molecular formula is C16H16N2O2. The van der Waals surface area contributed by atoms with Crippen molar-refractivity contribution in [1.82, 2.24) is 4.98 Å². The van der Waals surface area contributed by atoms with Crippen LogP contribution in [-0.4, -0.2) is 22.8 Å². The van der Waals surface area contributed by atoms with Crippen LogP contribution >= 0.6 is 0 Å². The van der Waals surface area contributed by atoms with Gasteiger partial charge in [-0.25, -0.2) is 4.79 Å². The number of aromatic nitrogens is 1. The zero-order chi connectivity index (χ0) is 14.4. The average molecular weight is 268 g/mol. The quantitative estimate of drug-likeness (QED) is 0.818. The first-order chi connectivity index (χ1) is 9.70. The number of carboxylic acids is 1. The lowest BCUT2D eigenvalue weighted by molar-refractivity contribution is 0.0697. The fourth-order valence-electron chi connectivity index (χ4n) is 2.04. The summed E-state index contributed by atoms with van der Waals surface area (Å²) in [5.74, 6) is -0.897. The third-order valence-corrected chi connectivity index (χ3v) is 3.12. The largest absolute Gasteiger partial charge is 0.478 e. The van der Waals surface area contributed by atoms with E-state index in [1.165, 1.54) is 0 Å². The number of aliphatic imine (C=N–C) groups is 1. The molecule has 0 aliphatic heterocycles. The highest BCUT2D eigenvalue weighted by Gasteiger charge is 2.04. The number of aromatic carboxylic acids is 1. The molecule has 0 amide bonds. The van der Waals surface area contributed by atoms with Crippen LogP contribution in [0.15, 0.2) is 47.6 Å². The van der Waals surface area contributed by atoms with Gasteiger partial charge in [0, 0.05) is 6.20 Å². The van der Waals surface area contributed by atoms with Gasteiger partial charge in [0.15, 0.2) is 0 Å². The molecule has 0 saturated heterocycles. The molecule has 0 saturated carbocycles. The SMILES string of the molecule is C=Nc1cccnc1CCCc1ccc(C(=O)O)cc1. The maximum absolute atomic E-state index is 10.8. The van der Waals surface area contributed by atoms with Gasteiger partial charge in [0.2, 0.25) is 0 Å². The van der Waals surface area contributed by atoms with Gasteiger partial charge in [0.25, 0.3) is 0 Å². The number of aryl methyl sites for hydroxylation is 2. The maximum atomic E-state index is 10.8. The van der Waals surface area contributed by atoms with Crippen LogP contribution in [0.1, 0.15) is 28.0 Å². The molecule has 0 bridgehead atoms. The summed E-state index contributed by atoms with van der Waals surface area (Å²) in [4.78, 5) is 19.0. The standard InChI is InChI=1S/C16H16N2O2/c1-17-14-6-3-11-18-15(14)5-2-4-12-7-9-13(10-8-12)16(19)20/h3,6-11H,1-2,4-5H2,(H,19,20). The Kier molecular flexibility index (Phi) is 4.60. The van der Waals surface area contributed by atoms with Crippen LogP contribution in [0.4, 0.5) is 5.69 Å². The van der Waals surface area contributed by atoms with Crippen molar-refractivity contribution < 1.29 is 9.90 Å². The van der Waals surface area contributed by atoms with Gasteiger partial charge in [0.1, 0.15) is 0 Å². The third-order valence-electron chi connectivity index (χ3n) is 3.12. The number of nitrogens with zero attached hydrogens (tertiary/aromatic N) is 2. The maximum Gasteiger partial charge on any atom is 0.335 e. The molecule has 102 valence electrons. The van der Waals surface area contributed by atoms with Gasteiger partial charge >= 0.3 is 5.97 Å². The lowest BCUT2D eigenvalue weighted by atomic mass is 10.0. The monoisotopic (exact) mass is 268 g/mol. The van der Waals surface area contributed by atoms with Crippen molar-refractivity contribution in [3.8, 4) is 0 Å². The van der Waals surface area contributed by atoms with Gasteiger partial charge in [-0.1, -0.05) is 12.1 Å². The van der Waals surface area contributed by atoms with Crippen LogP contribution in [0.25, 0.3) is 0 Å². The number of hydrogen-bond donors (Lipinski definition) is 1. The van der Waals surface area contributed by atoms with Crippen LogP contribution < -0.4 is 0 Å². The first-order valence-corrected chi connectivity index (χ1v) is 6.43. The van der Waals surface area contributed by atoms with Crippen molar-refractivity contribution in [2.75, 3.05) is 0 Å². The van der Waals surface area contributed by atoms with E-state index in [0.717, 1.165) is 36.2 Å². The van der Waals surface area contributed by atoms with Crippen molar-refractivity contribution in [2.24, 2.45) is 4.99 Å². The molecule has 1 heterocycles. The smallest absolute Gasteiger partial charge is 0.335 e. The Bertz CT molecular complexity index is 606. The highest BCUT2D eigenvalue weighted by molar-refractivity contribution is 5.87. The van der Waals surface area contributed by atoms with Gasteiger partial charge in [0.05, 0.1) is 16.9 Å². The molecule has 1 N–H and O–H groups in total. The first-order valence-electron chi connectivity index (χ1n) is 6.43. The van der Waals surface area contributed by atoms with Crippen LogP contribution in [0, 0.1) is 0 Å². The van der Waals surface area contributed by atoms with E-state index >= 15 is 0 Å². The predicted molar refractivity (Wildman–Crippen MR) is 78.9 cm³/mol. The second kappa shape index (κ2) is 6.61. The van der Waals surface area contributed by atoms with E-state index in [4.69, 9.17) is 5.11 Å². The minimum atomic E-state index is -0.897. The lowest BCUT2D eigenvalue weighted by Gasteiger charge is -2.04. The molecule has 2 aromatic rings. The van der Waals surface area contributed by atoms with Crippen LogP contribution in [0.2, 0.25) is 0 Å². The molecule has 0 atom stereocenters. The molecule has 1 aromatic carbocycles. The summed E-state index contributed by atoms with van der Waals surface area (Å²) >= 11 is 0. The summed E-state index contributed by atoms with van der Waals surface area (Å²) < 4.78 is 0. The first kappa shape index (κ1) is 13.9. The summed E-state index contributed by atoms with van der Waals surface area (Å²) in [5.41, 5.74) is 3.22. The highest BCUT2D eigenvalue weighted by Crippen LogP contribution is 2.17. The lowest BCUT2D eigenvalue weighted by Crippen LogP contribution is -1.97. The summed E-state index contributed by atoms with van der Waals surface area (Å²) in [5, 5.41) is 8.83. The molecule has 0 unspecified atom stereocenters. The number of rotatable bonds is 6. The summed E-state index contributed by atoms with van der Waals surface area (Å²) in [7, 11) is 0. The molecule has 1 aromatic heterocycles. The Morgan fingerprint density at radius 1 is 1.20 bits per heavy atom. The molecule has 20 heavy (non-hydrogen) atoms. The van der Waals surface area contributed by atoms with Crippen LogP contribution in [0.5, 0.6) is 0 Å². The number of pyridine rings is 1. The zero-order valence-electron chi connectivity index (χ0n) is 11.1. The fraction of sp³-hybridized carbons (Fsp3) is 0.188. The van der Waals surface area contributed by atoms with E-state index in [0.29, 0.717) is 5.56 Å². The van der Waals surface area contributed by atoms with Crippen LogP contribution in [0.3, 0.4) is 0 Å². The van der Waals surface area contributed by atoms with E-state index in [1.54, 1.807) is 18.3 Å². The molecule has 0 aliphatic carbocycles. The van der Waals surface area contributed by atoms with E-state index in [1.807, 2.05) is 24.3 Å². The van der Waals surface area contributed by atoms with Crippen molar-refractivity contribution in [3.05, 3.63) is 59.4 Å². The number of benzene rings is 1. The molecule has 0 radical (unpaired) electrons. The van der Waals surface area contributed by atoms with Crippen molar-refractivity contribution in [3.63, 3.8) is 0 Å². The van der Waals surface area contributed by atoms with Gasteiger partial charge in [-0.05, 0) is 55.8 Å². The Morgan fingerprint density at radius 3 is 2.60 bits per heavy atom. The minimum Gasteiger partial charge on any atom is -0.478 e. The van der Waals surface area contributed by atoms with Gasteiger partial charge < -0.3 is 5.11 Å². The van der Waals surface area contributed by atoms with Crippen LogP contribution in [-0.2, 0) is 12.8 Å². The van der Waals surface area contributed by atoms with E-state index in [9.17, 15) is 4.79 Å². The molecular weight excluding hydrogens is 252 g/mol. The molecule has 4 nitrogen and oxygen atoms in total. The number of carboxylic acid groups (broad SMARTS) is 1. The van der Waals surface area contributed by atoms with Crippen molar-refractivity contribution in [2.45, 2.75) is 19.3 Å². The van der Waals surface area contributed by atoms with Gasteiger partial charge in [-0.3, -0.25) is 9.98 Å². The summed E-state index contributed by atoms with van der Waals surface area (Å²) in [6.07, 6.45) is 4.40. The number of carbonyl (C=O) groups is 1. The number of hydrogen-bond acceptors (Lipinski definition) is 3. The fourth-order valence-corrected chi connectivity index (χ4v) is 2.04. The topological polar surface area (TPSA) is 62.5 Å². The Hall–Kier alpha value is -2.49. The highest BCUT2D eigenvalue weighted by atomic mass is 16.4. The van der Waals surface area contributed by atoms with Gasteiger partial charge in [-0.2, -0.15) is 0 Å². The summed E-state index contributed by atoms with van der Waals surface area (Å²) in [6, 6.07) is 10.7. The van der Waals surface area contributed by atoms with Gasteiger partial charge in [-0.15, -0.1) is 0 Å². The average Bonchev–Trinajstić information content (AvgIpc) is 2.48. The Labute approximate surface area is 117 Å². The zero-order valence-corrected chi connectivity index (χ0v) is 11.1. The second-order valence-corrected chi connectivity index (χ2v) is 4.48. The van der Waals surface area contributed by atoms with E-state index < -0.39 is 5.97 Å². The predicted octanol–water partition coefficient (Wildman–Crippen LogP) is 3.29. The van der Waals surface area contributed by atoms with E-state index in [2.05, 4.69) is 16.7 Å². The molecule has 0 aliphatic rings. The normalized spacial score (nSPS) is 10.2. The molecule has 4 heteroatoms. The van der Waals surface area contributed by atoms with Crippen molar-refractivity contribution >= 4 is 18.4 Å². The molecule has 2 rings (SSSR count). The molecule has 0 fully saturated rings. The minimum absolute atomic E-state index is 0.316. The Morgan fingerprint density at radius 2 is 1.95 bits per heavy atom. The molecule has 0 spiro atoms. The van der Waals surface area contributed by atoms with Crippen molar-refractivity contribution in [1.29, 1.82) is 0 Å². The second-order valence-electron chi connectivity index (χ2n) is 4.48. The van der Waals surface area contributed by atoms with E-state index in [-0.39, 0.29) is 0 Å². The summed E-state index contributed by atoms with van der Waals surface area (Å²) in [6.45, 7) is 3.54. The Balaban J connectivity index is 1.92.